The number of carboxylic acid groups (broad SMARTS) is 1. The molecule has 1 unspecified atom stereocenters. The molecule has 13 heavy (non-hydrogen) atoms. The van der Waals surface area contributed by atoms with Crippen LogP contribution in [0.2, 0.25) is 0 Å². The molecule has 0 saturated carbocycles. The molecule has 0 aromatic heterocycles. The van der Waals surface area contributed by atoms with Crippen molar-refractivity contribution in [2.45, 2.75) is 51.6 Å². The van der Waals surface area contributed by atoms with Crippen molar-refractivity contribution in [2.75, 3.05) is 0 Å². The largest absolute Gasteiger partial charge is 1.00 e. The predicted octanol–water partition coefficient (Wildman–Crippen LogP) is -1.56. The van der Waals surface area contributed by atoms with Crippen molar-refractivity contribution in [3.05, 3.63) is 0 Å². The molecule has 1 atom stereocenters. The monoisotopic (exact) mass is 198 g/mol. The van der Waals surface area contributed by atoms with E-state index in [0.29, 0.717) is 25.7 Å². The molecule has 0 saturated heterocycles. The molecular weight excluding hydrogens is 182 g/mol. The van der Waals surface area contributed by atoms with Gasteiger partial charge in [0, 0.05) is 5.97 Å². The topological polar surface area (TPSA) is 40.1 Å². The van der Waals surface area contributed by atoms with E-state index in [1.165, 1.54) is 0 Å². The Morgan fingerprint density at radius 1 is 1.38 bits per heavy atom. The summed E-state index contributed by atoms with van der Waals surface area (Å²) in [5, 5.41) is 9.96. The first-order valence-electron chi connectivity index (χ1n) is 4.50. The van der Waals surface area contributed by atoms with Gasteiger partial charge in [-0.1, -0.05) is 19.8 Å². The fourth-order valence-electron chi connectivity index (χ4n) is 1.09. The Kier molecular flexibility index (Phi) is 12.8. The van der Waals surface area contributed by atoms with Crippen LogP contribution in [0.25, 0.3) is 0 Å². The van der Waals surface area contributed by atoms with Gasteiger partial charge in [0.05, 0.1) is 0 Å². The summed E-state index contributed by atoms with van der Waals surface area (Å²) in [6.07, 6.45) is 2.41. The maximum absolute atomic E-state index is 12.8. The van der Waals surface area contributed by atoms with Gasteiger partial charge in [-0.15, -0.1) is 0 Å². The molecule has 0 aliphatic rings. The van der Waals surface area contributed by atoms with Gasteiger partial charge in [-0.05, 0) is 25.7 Å². The van der Waals surface area contributed by atoms with E-state index in [-0.39, 0.29) is 36.0 Å². The molecule has 2 nitrogen and oxygen atoms in total. The van der Waals surface area contributed by atoms with E-state index in [9.17, 15) is 14.3 Å². The molecule has 0 fully saturated rings. The van der Waals surface area contributed by atoms with Crippen molar-refractivity contribution in [2.24, 2.45) is 0 Å². The fourth-order valence-corrected chi connectivity index (χ4v) is 1.09. The van der Waals surface area contributed by atoms with E-state index in [1.807, 2.05) is 6.92 Å². The van der Waals surface area contributed by atoms with Crippen molar-refractivity contribution in [3.8, 4) is 0 Å². The average Bonchev–Trinajstić information content (AvgIpc) is 1.98. The summed E-state index contributed by atoms with van der Waals surface area (Å²) in [7, 11) is 0. The third-order valence-corrected chi connectivity index (χ3v) is 1.75. The Morgan fingerprint density at radius 3 is 2.46 bits per heavy atom. The SMILES string of the molecule is CCCC(F)CCCCC(=O)[O-].[Na+]. The number of hydrogen-bond donors (Lipinski definition) is 0. The van der Waals surface area contributed by atoms with Crippen molar-refractivity contribution >= 4 is 5.97 Å². The van der Waals surface area contributed by atoms with Gasteiger partial charge < -0.3 is 9.90 Å². The van der Waals surface area contributed by atoms with E-state index in [4.69, 9.17) is 0 Å². The van der Waals surface area contributed by atoms with Crippen LogP contribution in [0.5, 0.6) is 0 Å². The molecule has 0 aliphatic carbocycles. The molecule has 0 rings (SSSR count). The number of carbonyl (C=O) groups is 1. The van der Waals surface area contributed by atoms with Crippen molar-refractivity contribution in [3.63, 3.8) is 0 Å². The second-order valence-electron chi connectivity index (χ2n) is 3.00. The first-order valence-corrected chi connectivity index (χ1v) is 4.50. The van der Waals surface area contributed by atoms with E-state index in [0.717, 1.165) is 6.42 Å². The molecular formula is C9H16FNaO2. The first-order chi connectivity index (χ1) is 5.66. The van der Waals surface area contributed by atoms with Crippen LogP contribution < -0.4 is 34.7 Å². The average molecular weight is 198 g/mol. The molecule has 0 aromatic carbocycles. The van der Waals surface area contributed by atoms with E-state index < -0.39 is 12.1 Å². The summed E-state index contributed by atoms with van der Waals surface area (Å²) in [6.45, 7) is 1.94. The van der Waals surface area contributed by atoms with Gasteiger partial charge in [0.15, 0.2) is 0 Å². The van der Waals surface area contributed by atoms with Gasteiger partial charge in [-0.25, -0.2) is 4.39 Å². The zero-order valence-corrected chi connectivity index (χ0v) is 10.5. The molecule has 0 heterocycles. The number of rotatable bonds is 7. The zero-order valence-electron chi connectivity index (χ0n) is 8.51. The first kappa shape index (κ1) is 15.9. The Morgan fingerprint density at radius 2 is 2.00 bits per heavy atom. The summed E-state index contributed by atoms with van der Waals surface area (Å²) in [5.74, 6) is -1.04. The summed E-state index contributed by atoms with van der Waals surface area (Å²) >= 11 is 0. The van der Waals surface area contributed by atoms with Crippen LogP contribution in [0.4, 0.5) is 4.39 Å². The maximum Gasteiger partial charge on any atom is 1.00 e. The summed E-state index contributed by atoms with van der Waals surface area (Å²) in [4.78, 5) is 9.96. The van der Waals surface area contributed by atoms with Crippen LogP contribution in [0.3, 0.4) is 0 Å². The quantitative estimate of drug-likeness (QED) is 0.366. The van der Waals surface area contributed by atoms with Gasteiger partial charge >= 0.3 is 29.6 Å². The van der Waals surface area contributed by atoms with Crippen molar-refractivity contribution < 1.29 is 43.8 Å². The number of halogens is 1. The zero-order chi connectivity index (χ0) is 9.40. The van der Waals surface area contributed by atoms with Gasteiger partial charge in [0.1, 0.15) is 6.17 Å². The minimum absolute atomic E-state index is 0. The molecule has 0 radical (unpaired) electrons. The molecule has 72 valence electrons. The molecule has 4 heteroatoms. The molecule has 0 spiro atoms. The minimum Gasteiger partial charge on any atom is -0.550 e. The van der Waals surface area contributed by atoms with E-state index in [2.05, 4.69) is 0 Å². The number of carboxylic acids is 1. The molecule has 0 amide bonds. The number of hydrogen-bond acceptors (Lipinski definition) is 2. The Balaban J connectivity index is 0. The van der Waals surface area contributed by atoms with Gasteiger partial charge in [-0.2, -0.15) is 0 Å². The minimum atomic E-state index is -1.04. The fraction of sp³-hybridized carbons (Fsp3) is 0.889. The Hall–Kier alpha value is 0.400. The van der Waals surface area contributed by atoms with Crippen LogP contribution in [0.15, 0.2) is 0 Å². The molecule has 0 aliphatic heterocycles. The Bertz CT molecular complexity index is 131. The van der Waals surface area contributed by atoms with Gasteiger partial charge in [-0.3, -0.25) is 0 Å². The van der Waals surface area contributed by atoms with Crippen molar-refractivity contribution in [1.82, 2.24) is 0 Å². The van der Waals surface area contributed by atoms with E-state index >= 15 is 0 Å². The summed E-state index contributed by atoms with van der Waals surface area (Å²) < 4.78 is 12.8. The summed E-state index contributed by atoms with van der Waals surface area (Å²) in [6, 6.07) is 0. The van der Waals surface area contributed by atoms with E-state index in [1.54, 1.807) is 0 Å². The number of carbonyl (C=O) groups excluding carboxylic acids is 1. The second-order valence-corrected chi connectivity index (χ2v) is 3.00. The number of alkyl halides is 1. The summed E-state index contributed by atoms with van der Waals surface area (Å²) in [5.41, 5.74) is 0. The van der Waals surface area contributed by atoms with Crippen LogP contribution in [0.1, 0.15) is 45.4 Å². The molecule has 0 N–H and O–H groups in total. The number of aliphatic carboxylic acids is 1. The van der Waals surface area contributed by atoms with Crippen LogP contribution in [-0.4, -0.2) is 12.1 Å². The van der Waals surface area contributed by atoms with Gasteiger partial charge in [0.25, 0.3) is 0 Å². The molecule has 0 aromatic rings. The third kappa shape index (κ3) is 12.4. The van der Waals surface area contributed by atoms with Crippen LogP contribution in [0, 0.1) is 0 Å². The Labute approximate surface area is 101 Å². The predicted molar refractivity (Wildman–Crippen MR) is 43.3 cm³/mol. The van der Waals surface area contributed by atoms with Crippen LogP contribution in [-0.2, 0) is 4.79 Å². The van der Waals surface area contributed by atoms with Gasteiger partial charge in [0.2, 0.25) is 0 Å². The van der Waals surface area contributed by atoms with Crippen molar-refractivity contribution in [1.29, 1.82) is 0 Å². The maximum atomic E-state index is 12.8. The standard InChI is InChI=1S/C9H17FO2.Na/c1-2-5-8(10)6-3-4-7-9(11)12;/h8H,2-7H2,1H3,(H,11,12);/q;+1/p-1. The van der Waals surface area contributed by atoms with Crippen LogP contribution >= 0.6 is 0 Å². The second kappa shape index (κ2) is 10.5. The normalized spacial score (nSPS) is 11.8. The smallest absolute Gasteiger partial charge is 0.550 e. The third-order valence-electron chi connectivity index (χ3n) is 1.75. The number of unbranched alkanes of at least 4 members (excludes halogenated alkanes) is 1. The molecule has 0 bridgehead atoms.